The molecule has 0 atom stereocenters. The number of aryl methyl sites for hydroxylation is 1. The van der Waals surface area contributed by atoms with Crippen molar-refractivity contribution in [1.29, 1.82) is 0 Å². The maximum Gasteiger partial charge on any atom is 0.203 e. The number of benzene rings is 1. The van der Waals surface area contributed by atoms with E-state index in [1.807, 2.05) is 6.07 Å². The summed E-state index contributed by atoms with van der Waals surface area (Å²) in [5.74, 6) is 0.0589. The summed E-state index contributed by atoms with van der Waals surface area (Å²) in [4.78, 5) is 17.2. The molecule has 0 amide bonds. The minimum atomic E-state index is 0.0589. The second kappa shape index (κ2) is 7.23. The molecule has 1 saturated heterocycles. The van der Waals surface area contributed by atoms with Crippen LogP contribution < -0.4 is 5.73 Å². The van der Waals surface area contributed by atoms with E-state index < -0.39 is 0 Å². The minimum absolute atomic E-state index is 0.0589. The summed E-state index contributed by atoms with van der Waals surface area (Å²) >= 11 is 1.58. The Morgan fingerprint density at radius 1 is 1.15 bits per heavy atom. The fraction of sp³-hybridized carbons (Fsp3) is 0.350. The van der Waals surface area contributed by atoms with Crippen molar-refractivity contribution >= 4 is 33.0 Å². The predicted octanol–water partition coefficient (Wildman–Crippen LogP) is 3.16. The van der Waals surface area contributed by atoms with Gasteiger partial charge in [0.1, 0.15) is 4.83 Å². The zero-order chi connectivity index (χ0) is 18.1. The Labute approximate surface area is 157 Å². The lowest BCUT2D eigenvalue weighted by molar-refractivity contribution is 0.0365. The lowest BCUT2D eigenvalue weighted by Crippen LogP contribution is -2.38. The number of aromatic nitrogens is 1. The van der Waals surface area contributed by atoms with Crippen LogP contribution in [0, 0.1) is 6.92 Å². The third-order valence-corrected chi connectivity index (χ3v) is 6.09. The zero-order valence-electron chi connectivity index (χ0n) is 14.9. The molecule has 2 aromatic heterocycles. The topological polar surface area (TPSA) is 60.5 Å². The van der Waals surface area contributed by atoms with Crippen molar-refractivity contribution < 1.29 is 9.53 Å². The molecule has 0 spiro atoms. The molecule has 4 rings (SSSR count). The molecule has 2 N–H and O–H groups in total. The van der Waals surface area contributed by atoms with Crippen molar-refractivity contribution in [2.45, 2.75) is 13.5 Å². The van der Waals surface area contributed by atoms with Gasteiger partial charge in [-0.1, -0.05) is 0 Å². The number of hydrogen-bond donors (Lipinski definition) is 1. The number of thiophene rings is 1. The molecule has 1 aliphatic heterocycles. The maximum absolute atomic E-state index is 12.8. The second-order valence-corrected chi connectivity index (χ2v) is 7.74. The van der Waals surface area contributed by atoms with Gasteiger partial charge < -0.3 is 15.0 Å². The standard InChI is InChI=1S/C20H23N3O2S/c1-14-12-16-13-18(19(24)15-2-4-17(21)5-3-15)26-20(16)23(14)7-6-22-8-10-25-11-9-22/h2-5,12-13H,6-11,21H2,1H3. The third kappa shape index (κ3) is 3.40. The fourth-order valence-corrected chi connectivity index (χ4v) is 4.59. The summed E-state index contributed by atoms with van der Waals surface area (Å²) in [6.45, 7) is 7.70. The van der Waals surface area contributed by atoms with Crippen LogP contribution in [0.4, 0.5) is 5.69 Å². The van der Waals surface area contributed by atoms with Crippen molar-refractivity contribution in [3.8, 4) is 0 Å². The van der Waals surface area contributed by atoms with Crippen LogP contribution in [0.2, 0.25) is 0 Å². The highest BCUT2D eigenvalue weighted by Gasteiger charge is 2.17. The van der Waals surface area contributed by atoms with Gasteiger partial charge in [-0.3, -0.25) is 9.69 Å². The number of ketones is 1. The van der Waals surface area contributed by atoms with E-state index in [-0.39, 0.29) is 5.78 Å². The molecule has 1 aliphatic rings. The molecule has 3 heterocycles. The molecule has 0 aliphatic carbocycles. The molecule has 1 aromatic carbocycles. The lowest BCUT2D eigenvalue weighted by Gasteiger charge is -2.26. The van der Waals surface area contributed by atoms with Crippen LogP contribution in [0.1, 0.15) is 20.9 Å². The highest BCUT2D eigenvalue weighted by molar-refractivity contribution is 7.20. The second-order valence-electron chi connectivity index (χ2n) is 6.71. The number of nitrogens with two attached hydrogens (primary N) is 1. The number of morpholine rings is 1. The van der Waals surface area contributed by atoms with Crippen molar-refractivity contribution in [2.24, 2.45) is 0 Å². The Hall–Kier alpha value is -2.15. The van der Waals surface area contributed by atoms with Gasteiger partial charge in [0.25, 0.3) is 0 Å². The third-order valence-electron chi connectivity index (χ3n) is 4.92. The van der Waals surface area contributed by atoms with Gasteiger partial charge in [0.15, 0.2) is 0 Å². The summed E-state index contributed by atoms with van der Waals surface area (Å²) in [6, 6.07) is 11.3. The molecule has 136 valence electrons. The summed E-state index contributed by atoms with van der Waals surface area (Å²) in [5, 5.41) is 1.15. The normalized spacial score (nSPS) is 15.6. The van der Waals surface area contributed by atoms with Gasteiger partial charge in [-0.25, -0.2) is 0 Å². The van der Waals surface area contributed by atoms with E-state index >= 15 is 0 Å². The van der Waals surface area contributed by atoms with E-state index in [4.69, 9.17) is 10.5 Å². The first kappa shape index (κ1) is 17.3. The Balaban J connectivity index is 1.56. The molecule has 26 heavy (non-hydrogen) atoms. The number of fused-ring (bicyclic) bond motifs is 1. The van der Waals surface area contributed by atoms with E-state index in [0.717, 1.165) is 49.7 Å². The van der Waals surface area contributed by atoms with Crippen molar-refractivity contribution in [2.75, 3.05) is 38.6 Å². The van der Waals surface area contributed by atoms with Crippen LogP contribution in [0.5, 0.6) is 0 Å². The number of nitrogens with zero attached hydrogens (tertiary/aromatic N) is 2. The highest BCUT2D eigenvalue weighted by Crippen LogP contribution is 2.30. The van der Waals surface area contributed by atoms with E-state index in [0.29, 0.717) is 11.3 Å². The Morgan fingerprint density at radius 3 is 2.62 bits per heavy atom. The molecular weight excluding hydrogens is 346 g/mol. The molecule has 5 nitrogen and oxygen atoms in total. The molecular formula is C20H23N3O2S. The van der Waals surface area contributed by atoms with Gasteiger partial charge in [-0.05, 0) is 43.3 Å². The summed E-state index contributed by atoms with van der Waals surface area (Å²) in [5.41, 5.74) is 8.31. The molecule has 0 unspecified atom stereocenters. The molecule has 0 saturated carbocycles. The number of anilines is 1. The number of ether oxygens (including phenoxy) is 1. The van der Waals surface area contributed by atoms with Gasteiger partial charge in [-0.15, -0.1) is 11.3 Å². The fourth-order valence-electron chi connectivity index (χ4n) is 3.41. The lowest BCUT2D eigenvalue weighted by atomic mass is 10.1. The smallest absolute Gasteiger partial charge is 0.203 e. The Morgan fingerprint density at radius 2 is 1.88 bits per heavy atom. The maximum atomic E-state index is 12.8. The predicted molar refractivity (Wildman–Crippen MR) is 106 cm³/mol. The SMILES string of the molecule is Cc1cc2cc(C(=O)c3ccc(N)cc3)sc2n1CCN1CCOCC1. The Bertz CT molecular complexity index is 921. The van der Waals surface area contributed by atoms with Crippen LogP contribution in [0.15, 0.2) is 36.4 Å². The van der Waals surface area contributed by atoms with Crippen LogP contribution >= 0.6 is 11.3 Å². The van der Waals surface area contributed by atoms with Crippen molar-refractivity contribution in [3.05, 3.63) is 52.5 Å². The highest BCUT2D eigenvalue weighted by atomic mass is 32.1. The first-order valence-electron chi connectivity index (χ1n) is 8.92. The van der Waals surface area contributed by atoms with E-state index in [1.165, 1.54) is 10.5 Å². The number of carbonyl (C=O) groups excluding carboxylic acids is 1. The molecule has 1 fully saturated rings. The summed E-state index contributed by atoms with van der Waals surface area (Å²) in [6.07, 6.45) is 0. The van der Waals surface area contributed by atoms with Gasteiger partial charge in [0.05, 0.1) is 18.1 Å². The first-order chi connectivity index (χ1) is 12.6. The quantitative estimate of drug-likeness (QED) is 0.554. The van der Waals surface area contributed by atoms with Crippen molar-refractivity contribution in [3.63, 3.8) is 0 Å². The van der Waals surface area contributed by atoms with E-state index in [9.17, 15) is 4.79 Å². The number of nitrogen functional groups attached to an aromatic ring is 1. The largest absolute Gasteiger partial charge is 0.399 e. The average Bonchev–Trinajstić information content (AvgIpc) is 3.18. The molecule has 0 bridgehead atoms. The molecule has 3 aromatic rings. The monoisotopic (exact) mass is 369 g/mol. The van der Waals surface area contributed by atoms with Gasteiger partial charge in [0.2, 0.25) is 5.78 Å². The van der Waals surface area contributed by atoms with Crippen molar-refractivity contribution in [1.82, 2.24) is 9.47 Å². The van der Waals surface area contributed by atoms with Gasteiger partial charge in [-0.2, -0.15) is 0 Å². The van der Waals surface area contributed by atoms with E-state index in [2.05, 4.69) is 22.5 Å². The number of carbonyl (C=O) groups is 1. The molecule has 6 heteroatoms. The number of hydrogen-bond acceptors (Lipinski definition) is 5. The van der Waals surface area contributed by atoms with E-state index in [1.54, 1.807) is 35.6 Å². The van der Waals surface area contributed by atoms with Gasteiger partial charge >= 0.3 is 0 Å². The first-order valence-corrected chi connectivity index (χ1v) is 9.73. The van der Waals surface area contributed by atoms with Crippen LogP contribution in [0.3, 0.4) is 0 Å². The zero-order valence-corrected chi connectivity index (χ0v) is 15.7. The number of rotatable bonds is 5. The average molecular weight is 369 g/mol. The molecule has 0 radical (unpaired) electrons. The summed E-state index contributed by atoms with van der Waals surface area (Å²) < 4.78 is 7.75. The Kier molecular flexibility index (Phi) is 4.80. The summed E-state index contributed by atoms with van der Waals surface area (Å²) in [7, 11) is 0. The minimum Gasteiger partial charge on any atom is -0.399 e. The van der Waals surface area contributed by atoms with Gasteiger partial charge in [0, 0.05) is 48.5 Å². The van der Waals surface area contributed by atoms with Crippen LogP contribution in [-0.4, -0.2) is 48.1 Å². The van der Waals surface area contributed by atoms with Crippen LogP contribution in [-0.2, 0) is 11.3 Å². The van der Waals surface area contributed by atoms with Crippen LogP contribution in [0.25, 0.3) is 10.2 Å².